The van der Waals surface area contributed by atoms with Crippen molar-refractivity contribution in [2.24, 2.45) is 5.73 Å². The Labute approximate surface area is 94.2 Å². The highest BCUT2D eigenvalue weighted by molar-refractivity contribution is 5.71. The molecule has 0 spiro atoms. The molecule has 88 valence electrons. The number of benzene rings is 1. The molecule has 1 rings (SSSR count). The van der Waals surface area contributed by atoms with Gasteiger partial charge in [0, 0.05) is 19.6 Å². The number of nitrogens with two attached hydrogens (primary N) is 1. The molecule has 0 aliphatic rings. The highest BCUT2D eigenvalue weighted by Crippen LogP contribution is 2.04. The number of halogens is 1. The van der Waals surface area contributed by atoms with Crippen molar-refractivity contribution in [2.45, 2.75) is 6.54 Å². The minimum Gasteiger partial charge on any atom is -0.352 e. The Morgan fingerprint density at radius 3 is 2.62 bits per heavy atom. The van der Waals surface area contributed by atoms with Gasteiger partial charge in [0.25, 0.3) is 0 Å². The lowest BCUT2D eigenvalue weighted by molar-refractivity contribution is 0.246. The summed E-state index contributed by atoms with van der Waals surface area (Å²) in [5, 5.41) is 2.51. The van der Waals surface area contributed by atoms with Gasteiger partial charge in [0.05, 0.1) is 0 Å². The predicted molar refractivity (Wildman–Crippen MR) is 60.3 cm³/mol. The van der Waals surface area contributed by atoms with Gasteiger partial charge in [-0.05, 0) is 24.7 Å². The second kappa shape index (κ2) is 6.07. The Morgan fingerprint density at radius 2 is 2.06 bits per heavy atom. The molecule has 4 nitrogen and oxygen atoms in total. The van der Waals surface area contributed by atoms with E-state index >= 15 is 0 Å². The van der Waals surface area contributed by atoms with Gasteiger partial charge in [-0.15, -0.1) is 0 Å². The molecule has 0 bridgehead atoms. The van der Waals surface area contributed by atoms with Gasteiger partial charge in [0.2, 0.25) is 0 Å². The van der Waals surface area contributed by atoms with Gasteiger partial charge in [-0.25, -0.2) is 9.18 Å². The third-order valence-corrected chi connectivity index (χ3v) is 2.16. The lowest BCUT2D eigenvalue weighted by Gasteiger charge is -2.16. The molecule has 2 amide bonds. The summed E-state index contributed by atoms with van der Waals surface area (Å²) in [5.74, 6) is -0.234. The Hall–Kier alpha value is -1.62. The van der Waals surface area contributed by atoms with Crippen LogP contribution < -0.4 is 11.1 Å². The first-order chi connectivity index (χ1) is 7.58. The molecule has 0 heterocycles. The van der Waals surface area contributed by atoms with Crippen molar-refractivity contribution < 1.29 is 9.18 Å². The van der Waals surface area contributed by atoms with Crippen molar-refractivity contribution in [1.29, 1.82) is 0 Å². The van der Waals surface area contributed by atoms with Crippen LogP contribution in [0.15, 0.2) is 24.3 Å². The predicted octanol–water partition coefficient (Wildman–Crippen LogP) is 0.926. The van der Waals surface area contributed by atoms with Crippen LogP contribution in [0.25, 0.3) is 0 Å². The van der Waals surface area contributed by atoms with Crippen LogP contribution >= 0.6 is 0 Å². The van der Waals surface area contributed by atoms with Crippen LogP contribution in [0, 0.1) is 5.82 Å². The third-order valence-electron chi connectivity index (χ3n) is 2.16. The van der Waals surface area contributed by atoms with Crippen molar-refractivity contribution in [3.05, 3.63) is 35.6 Å². The molecule has 1 aromatic rings. The smallest absolute Gasteiger partial charge is 0.312 e. The SMILES string of the molecule is CN(CCNC(N)=O)Cc1ccc(F)cc1. The van der Waals surface area contributed by atoms with E-state index in [-0.39, 0.29) is 5.82 Å². The van der Waals surface area contributed by atoms with Crippen molar-refractivity contribution in [1.82, 2.24) is 10.2 Å². The molecule has 0 aromatic heterocycles. The first-order valence-corrected chi connectivity index (χ1v) is 5.04. The number of primary amides is 1. The van der Waals surface area contributed by atoms with E-state index in [4.69, 9.17) is 5.73 Å². The van der Waals surface area contributed by atoms with Crippen molar-refractivity contribution in [2.75, 3.05) is 20.1 Å². The van der Waals surface area contributed by atoms with Crippen molar-refractivity contribution in [3.8, 4) is 0 Å². The molecule has 0 aliphatic heterocycles. The fourth-order valence-electron chi connectivity index (χ4n) is 1.35. The van der Waals surface area contributed by atoms with Gasteiger partial charge in [-0.2, -0.15) is 0 Å². The molecule has 3 N–H and O–H groups in total. The zero-order valence-corrected chi connectivity index (χ0v) is 9.24. The zero-order valence-electron chi connectivity index (χ0n) is 9.24. The highest BCUT2D eigenvalue weighted by Gasteiger charge is 2.01. The number of nitrogens with zero attached hydrogens (tertiary/aromatic N) is 1. The normalized spacial score (nSPS) is 10.4. The number of urea groups is 1. The maximum absolute atomic E-state index is 12.6. The average molecular weight is 225 g/mol. The summed E-state index contributed by atoms with van der Waals surface area (Å²) in [6.45, 7) is 1.91. The molecular formula is C11H16FN3O. The maximum Gasteiger partial charge on any atom is 0.312 e. The van der Waals surface area contributed by atoms with Gasteiger partial charge in [-0.1, -0.05) is 12.1 Å². The summed E-state index contributed by atoms with van der Waals surface area (Å²) in [7, 11) is 1.92. The molecule has 1 aromatic carbocycles. The molecule has 0 aliphatic carbocycles. The van der Waals surface area contributed by atoms with E-state index < -0.39 is 6.03 Å². The van der Waals surface area contributed by atoms with Gasteiger partial charge in [-0.3, -0.25) is 0 Å². The van der Waals surface area contributed by atoms with Gasteiger partial charge >= 0.3 is 6.03 Å². The molecular weight excluding hydrogens is 209 g/mol. The summed E-state index contributed by atoms with van der Waals surface area (Å²) >= 11 is 0. The fraction of sp³-hybridized carbons (Fsp3) is 0.364. The van der Waals surface area contributed by atoms with Crippen LogP contribution in [0.2, 0.25) is 0 Å². The first kappa shape index (κ1) is 12.4. The Balaban J connectivity index is 2.31. The van der Waals surface area contributed by atoms with Gasteiger partial charge in [0.15, 0.2) is 0 Å². The van der Waals surface area contributed by atoms with E-state index in [1.165, 1.54) is 12.1 Å². The Kier molecular flexibility index (Phi) is 4.72. The number of amides is 2. The standard InChI is InChI=1S/C11H16FN3O/c1-15(7-6-14-11(13)16)8-9-2-4-10(12)5-3-9/h2-5H,6-8H2,1H3,(H3,13,14,16). The molecule has 0 atom stereocenters. The first-order valence-electron chi connectivity index (χ1n) is 5.04. The Morgan fingerprint density at radius 1 is 1.44 bits per heavy atom. The van der Waals surface area contributed by atoms with E-state index in [0.717, 1.165) is 5.56 Å². The second-order valence-corrected chi connectivity index (χ2v) is 3.66. The molecule has 16 heavy (non-hydrogen) atoms. The number of hydrogen-bond acceptors (Lipinski definition) is 2. The number of carbonyl (C=O) groups excluding carboxylic acids is 1. The van der Waals surface area contributed by atoms with E-state index in [1.54, 1.807) is 12.1 Å². The number of hydrogen-bond donors (Lipinski definition) is 2. The van der Waals surface area contributed by atoms with Crippen molar-refractivity contribution >= 4 is 6.03 Å². The van der Waals surface area contributed by atoms with Crippen LogP contribution in [-0.4, -0.2) is 31.1 Å². The Bertz CT molecular complexity index is 340. The number of likely N-dealkylation sites (N-methyl/N-ethyl adjacent to an activating group) is 1. The third kappa shape index (κ3) is 4.75. The van der Waals surface area contributed by atoms with Crippen molar-refractivity contribution in [3.63, 3.8) is 0 Å². The summed E-state index contributed by atoms with van der Waals surface area (Å²) in [5.41, 5.74) is 5.97. The van der Waals surface area contributed by atoms with Crippen LogP contribution in [-0.2, 0) is 6.54 Å². The lowest BCUT2D eigenvalue weighted by Crippen LogP contribution is -2.35. The minimum atomic E-state index is -0.518. The van der Waals surface area contributed by atoms with Crippen LogP contribution in [0.4, 0.5) is 9.18 Å². The number of rotatable bonds is 5. The molecule has 0 radical (unpaired) electrons. The fourth-order valence-corrected chi connectivity index (χ4v) is 1.35. The lowest BCUT2D eigenvalue weighted by atomic mass is 10.2. The van der Waals surface area contributed by atoms with E-state index in [2.05, 4.69) is 5.32 Å². The molecule has 0 saturated heterocycles. The average Bonchev–Trinajstić information content (AvgIpc) is 2.21. The van der Waals surface area contributed by atoms with E-state index in [9.17, 15) is 9.18 Å². The maximum atomic E-state index is 12.6. The largest absolute Gasteiger partial charge is 0.352 e. The molecule has 0 fully saturated rings. The topological polar surface area (TPSA) is 58.4 Å². The van der Waals surface area contributed by atoms with Crippen LogP contribution in [0.1, 0.15) is 5.56 Å². The minimum absolute atomic E-state index is 0.234. The second-order valence-electron chi connectivity index (χ2n) is 3.66. The summed E-state index contributed by atoms with van der Waals surface area (Å²) in [6.07, 6.45) is 0. The van der Waals surface area contributed by atoms with E-state index in [1.807, 2.05) is 11.9 Å². The van der Waals surface area contributed by atoms with Crippen LogP contribution in [0.5, 0.6) is 0 Å². The van der Waals surface area contributed by atoms with E-state index in [0.29, 0.717) is 19.6 Å². The number of nitrogens with one attached hydrogen (secondary N) is 1. The molecule has 0 saturated carbocycles. The molecule has 5 heteroatoms. The summed E-state index contributed by atoms with van der Waals surface area (Å²) < 4.78 is 12.6. The highest BCUT2D eigenvalue weighted by atomic mass is 19.1. The molecule has 0 unspecified atom stereocenters. The number of carbonyl (C=O) groups is 1. The quantitative estimate of drug-likeness (QED) is 0.783. The zero-order chi connectivity index (χ0) is 12.0. The summed E-state index contributed by atoms with van der Waals surface area (Å²) in [4.78, 5) is 12.4. The van der Waals surface area contributed by atoms with Gasteiger partial charge < -0.3 is 16.0 Å². The van der Waals surface area contributed by atoms with Crippen LogP contribution in [0.3, 0.4) is 0 Å². The summed E-state index contributed by atoms with van der Waals surface area (Å²) in [6, 6.07) is 5.84. The van der Waals surface area contributed by atoms with Gasteiger partial charge in [0.1, 0.15) is 5.82 Å². The monoisotopic (exact) mass is 225 g/mol.